The van der Waals surface area contributed by atoms with Crippen LogP contribution in [0.15, 0.2) is 24.3 Å². The van der Waals surface area contributed by atoms with Crippen LogP contribution < -0.4 is 10.2 Å². The molecule has 0 heterocycles. The molecule has 20 heavy (non-hydrogen) atoms. The fraction of sp³-hybridized carbons (Fsp3) is 0.429. The number of urea groups is 1. The molecule has 0 radical (unpaired) electrons. The molecule has 0 spiro atoms. The van der Waals surface area contributed by atoms with E-state index >= 15 is 0 Å². The van der Waals surface area contributed by atoms with Crippen molar-refractivity contribution >= 4 is 29.3 Å². The number of hydrogen-bond acceptors (Lipinski definition) is 2. The van der Waals surface area contributed by atoms with Gasteiger partial charge in [0.25, 0.3) is 0 Å². The summed E-state index contributed by atoms with van der Waals surface area (Å²) in [6.45, 7) is -0.390. The Labute approximate surface area is 122 Å². The van der Waals surface area contributed by atoms with Crippen LogP contribution in [0, 0.1) is 0 Å². The zero-order chi connectivity index (χ0) is 14.5. The fourth-order valence-corrected chi connectivity index (χ4v) is 2.57. The number of amides is 2. The Bertz CT molecular complexity index is 501. The third kappa shape index (κ3) is 3.87. The quantitative estimate of drug-likeness (QED) is 0.897. The molecule has 2 rings (SSSR count). The summed E-state index contributed by atoms with van der Waals surface area (Å²) in [5.41, 5.74) is 0.482. The number of nitrogens with zero attached hydrogens (tertiary/aromatic N) is 1. The van der Waals surface area contributed by atoms with E-state index in [0.29, 0.717) is 10.7 Å². The van der Waals surface area contributed by atoms with Gasteiger partial charge in [-0.2, -0.15) is 0 Å². The summed E-state index contributed by atoms with van der Waals surface area (Å²) in [6, 6.07) is 6.37. The Kier molecular flexibility index (Phi) is 4.84. The lowest BCUT2D eigenvalue weighted by Gasteiger charge is -2.23. The van der Waals surface area contributed by atoms with Crippen LogP contribution in [0.2, 0.25) is 5.02 Å². The van der Waals surface area contributed by atoms with Gasteiger partial charge in [-0.1, -0.05) is 30.5 Å². The van der Waals surface area contributed by atoms with E-state index in [-0.39, 0.29) is 18.6 Å². The first-order valence-electron chi connectivity index (χ1n) is 6.61. The lowest BCUT2D eigenvalue weighted by molar-refractivity contribution is -0.135. The Morgan fingerprint density at radius 3 is 2.65 bits per heavy atom. The molecule has 0 unspecified atom stereocenters. The largest absolute Gasteiger partial charge is 0.480 e. The monoisotopic (exact) mass is 296 g/mol. The van der Waals surface area contributed by atoms with Gasteiger partial charge in [-0.25, -0.2) is 4.79 Å². The molecule has 0 atom stereocenters. The molecule has 0 aromatic heterocycles. The van der Waals surface area contributed by atoms with Gasteiger partial charge < -0.3 is 10.4 Å². The number of carboxylic acids is 1. The lowest BCUT2D eigenvalue weighted by Crippen LogP contribution is -2.46. The number of nitrogens with one attached hydrogen (secondary N) is 1. The van der Waals surface area contributed by atoms with Crippen LogP contribution in [0.4, 0.5) is 10.5 Å². The number of halogens is 1. The van der Waals surface area contributed by atoms with Crippen LogP contribution in [0.3, 0.4) is 0 Å². The Balaban J connectivity index is 2.13. The third-order valence-corrected chi connectivity index (χ3v) is 3.58. The van der Waals surface area contributed by atoms with E-state index in [4.69, 9.17) is 16.7 Å². The first-order valence-corrected chi connectivity index (χ1v) is 6.99. The highest BCUT2D eigenvalue weighted by atomic mass is 35.5. The van der Waals surface area contributed by atoms with Crippen molar-refractivity contribution in [1.82, 2.24) is 5.32 Å². The first kappa shape index (κ1) is 14.7. The van der Waals surface area contributed by atoms with Crippen molar-refractivity contribution in [3.8, 4) is 0 Å². The Morgan fingerprint density at radius 2 is 2.05 bits per heavy atom. The molecule has 5 nitrogen and oxygen atoms in total. The van der Waals surface area contributed by atoms with Crippen LogP contribution in [-0.4, -0.2) is 29.7 Å². The molecule has 2 amide bonds. The highest BCUT2D eigenvalue weighted by molar-refractivity contribution is 6.30. The van der Waals surface area contributed by atoms with Crippen LogP contribution in [0.1, 0.15) is 25.7 Å². The Hall–Kier alpha value is -1.75. The van der Waals surface area contributed by atoms with Crippen LogP contribution >= 0.6 is 11.6 Å². The number of rotatable bonds is 4. The molecule has 6 heteroatoms. The highest BCUT2D eigenvalue weighted by Crippen LogP contribution is 2.21. The lowest BCUT2D eigenvalue weighted by atomic mass is 10.2. The number of hydrogen-bond donors (Lipinski definition) is 2. The van der Waals surface area contributed by atoms with Crippen molar-refractivity contribution in [3.05, 3.63) is 29.3 Å². The number of carbonyl (C=O) groups is 2. The van der Waals surface area contributed by atoms with E-state index in [1.165, 1.54) is 4.90 Å². The minimum Gasteiger partial charge on any atom is -0.480 e. The van der Waals surface area contributed by atoms with E-state index in [2.05, 4.69) is 5.32 Å². The predicted molar refractivity (Wildman–Crippen MR) is 77.2 cm³/mol. The van der Waals surface area contributed by atoms with Crippen molar-refractivity contribution in [2.75, 3.05) is 11.4 Å². The summed E-state index contributed by atoms with van der Waals surface area (Å²) in [7, 11) is 0. The van der Waals surface area contributed by atoms with Crippen molar-refractivity contribution in [2.24, 2.45) is 0 Å². The minimum atomic E-state index is -1.06. The average Bonchev–Trinajstić information content (AvgIpc) is 2.88. The highest BCUT2D eigenvalue weighted by Gasteiger charge is 2.23. The summed E-state index contributed by atoms with van der Waals surface area (Å²) in [4.78, 5) is 24.4. The maximum Gasteiger partial charge on any atom is 0.323 e. The molecular formula is C14H17ClN2O3. The van der Waals surface area contributed by atoms with Gasteiger partial charge in [-0.3, -0.25) is 9.69 Å². The zero-order valence-electron chi connectivity index (χ0n) is 11.0. The summed E-state index contributed by atoms with van der Waals surface area (Å²) in [5, 5.41) is 12.3. The Morgan fingerprint density at radius 1 is 1.35 bits per heavy atom. The summed E-state index contributed by atoms with van der Waals surface area (Å²) >= 11 is 5.89. The van der Waals surface area contributed by atoms with Crippen LogP contribution in [0.25, 0.3) is 0 Å². The first-order chi connectivity index (χ1) is 9.56. The maximum absolute atomic E-state index is 12.3. The molecule has 1 aliphatic rings. The van der Waals surface area contributed by atoms with E-state index in [0.717, 1.165) is 25.7 Å². The van der Waals surface area contributed by atoms with Crippen LogP contribution in [-0.2, 0) is 4.79 Å². The summed E-state index contributed by atoms with van der Waals surface area (Å²) < 4.78 is 0. The molecule has 0 bridgehead atoms. The standard InChI is InChI=1S/C14H17ClN2O3/c15-10-4-3-7-12(8-10)17(9-13(18)19)14(20)16-11-5-1-2-6-11/h3-4,7-8,11H,1-2,5-6,9H2,(H,16,20)(H,18,19). The molecule has 1 saturated carbocycles. The molecule has 108 valence electrons. The van der Waals surface area contributed by atoms with Gasteiger partial charge in [0.05, 0.1) is 0 Å². The maximum atomic E-state index is 12.3. The second-order valence-corrected chi connectivity index (χ2v) is 5.33. The van der Waals surface area contributed by atoms with Gasteiger partial charge >= 0.3 is 12.0 Å². The molecule has 0 saturated heterocycles. The van der Waals surface area contributed by atoms with Crippen molar-refractivity contribution < 1.29 is 14.7 Å². The molecular weight excluding hydrogens is 280 g/mol. The number of carboxylic acid groups (broad SMARTS) is 1. The topological polar surface area (TPSA) is 69.6 Å². The summed E-state index contributed by atoms with van der Waals surface area (Å²) in [5.74, 6) is -1.06. The van der Waals surface area contributed by atoms with Gasteiger partial charge in [0.1, 0.15) is 6.54 Å². The van der Waals surface area contributed by atoms with Crippen molar-refractivity contribution in [1.29, 1.82) is 0 Å². The van der Waals surface area contributed by atoms with Crippen LogP contribution in [0.5, 0.6) is 0 Å². The third-order valence-electron chi connectivity index (χ3n) is 3.34. The minimum absolute atomic E-state index is 0.137. The smallest absolute Gasteiger partial charge is 0.323 e. The number of anilines is 1. The van der Waals surface area contributed by atoms with Crippen molar-refractivity contribution in [2.45, 2.75) is 31.7 Å². The van der Waals surface area contributed by atoms with Crippen molar-refractivity contribution in [3.63, 3.8) is 0 Å². The average molecular weight is 297 g/mol. The normalized spacial score (nSPS) is 15.1. The van der Waals surface area contributed by atoms with E-state index in [1.807, 2.05) is 0 Å². The van der Waals surface area contributed by atoms with E-state index in [1.54, 1.807) is 24.3 Å². The SMILES string of the molecule is O=C(O)CN(C(=O)NC1CCCC1)c1cccc(Cl)c1. The second kappa shape index (κ2) is 6.61. The van der Waals surface area contributed by atoms with Gasteiger partial charge in [0.15, 0.2) is 0 Å². The number of carbonyl (C=O) groups excluding carboxylic acids is 1. The predicted octanol–water partition coefficient (Wildman–Crippen LogP) is 2.88. The van der Waals surface area contributed by atoms with Gasteiger partial charge in [-0.15, -0.1) is 0 Å². The zero-order valence-corrected chi connectivity index (χ0v) is 11.8. The second-order valence-electron chi connectivity index (χ2n) is 4.89. The number of aliphatic carboxylic acids is 1. The fourth-order valence-electron chi connectivity index (χ4n) is 2.38. The van der Waals surface area contributed by atoms with E-state index in [9.17, 15) is 9.59 Å². The molecule has 1 aliphatic carbocycles. The molecule has 1 aromatic carbocycles. The van der Waals surface area contributed by atoms with Gasteiger partial charge in [0.2, 0.25) is 0 Å². The molecule has 0 aliphatic heterocycles. The molecule has 1 aromatic rings. The van der Waals surface area contributed by atoms with E-state index < -0.39 is 5.97 Å². The number of benzene rings is 1. The molecule has 2 N–H and O–H groups in total. The molecule has 1 fully saturated rings. The van der Waals surface area contributed by atoms with Gasteiger partial charge in [0, 0.05) is 16.8 Å². The summed E-state index contributed by atoms with van der Waals surface area (Å²) in [6.07, 6.45) is 4.09. The van der Waals surface area contributed by atoms with Gasteiger partial charge in [-0.05, 0) is 31.0 Å².